The number of aliphatic imine (C=N–C) groups is 1. The van der Waals surface area contributed by atoms with E-state index in [1.165, 1.54) is 0 Å². The summed E-state index contributed by atoms with van der Waals surface area (Å²) >= 11 is 0. The van der Waals surface area contributed by atoms with Gasteiger partial charge in [-0.15, -0.1) is 6.42 Å². The number of nitrogens with zero attached hydrogens (tertiary/aromatic N) is 1. The largest absolute Gasteiger partial charge is 0.256 e. The molecule has 0 aliphatic heterocycles. The Hall–Kier alpha value is -1.29. The SMILES string of the molecule is C#C/C(=C/C=C)N=C.CC. The molecule has 0 radical (unpaired) electrons. The first kappa shape index (κ1) is 11.5. The molecule has 54 valence electrons. The van der Waals surface area contributed by atoms with Crippen molar-refractivity contribution in [3.8, 4) is 12.3 Å². The predicted octanol–water partition coefficient (Wildman–Crippen LogP) is 2.42. The molecular weight excluding hydrogens is 122 g/mol. The topological polar surface area (TPSA) is 12.4 Å². The van der Waals surface area contributed by atoms with E-state index in [1.54, 1.807) is 12.2 Å². The normalized spacial score (nSPS) is 8.30. The molecule has 0 aromatic carbocycles. The van der Waals surface area contributed by atoms with E-state index in [2.05, 4.69) is 24.2 Å². The molecule has 0 saturated heterocycles. The first-order valence-corrected chi connectivity index (χ1v) is 3.11. The number of hydrogen-bond acceptors (Lipinski definition) is 1. The van der Waals surface area contributed by atoms with Crippen LogP contribution in [0.3, 0.4) is 0 Å². The molecule has 0 unspecified atom stereocenters. The van der Waals surface area contributed by atoms with Crippen LogP contribution in [-0.4, -0.2) is 6.72 Å². The summed E-state index contributed by atoms with van der Waals surface area (Å²) < 4.78 is 0. The van der Waals surface area contributed by atoms with Gasteiger partial charge in [-0.05, 0) is 12.8 Å². The van der Waals surface area contributed by atoms with Crippen LogP contribution in [0.2, 0.25) is 0 Å². The van der Waals surface area contributed by atoms with Crippen LogP contribution in [0.25, 0.3) is 0 Å². The molecule has 0 aromatic rings. The van der Waals surface area contributed by atoms with Gasteiger partial charge >= 0.3 is 0 Å². The fourth-order valence-electron chi connectivity index (χ4n) is 0.258. The maximum atomic E-state index is 4.97. The molecule has 1 nitrogen and oxygen atoms in total. The van der Waals surface area contributed by atoms with Gasteiger partial charge in [0.2, 0.25) is 0 Å². The van der Waals surface area contributed by atoms with Crippen molar-refractivity contribution in [2.75, 3.05) is 0 Å². The Labute approximate surface area is 63.2 Å². The lowest BCUT2D eigenvalue weighted by molar-refractivity contribution is 1.48. The summed E-state index contributed by atoms with van der Waals surface area (Å²) in [6.07, 6.45) is 8.16. The number of allylic oxidation sites excluding steroid dienone is 3. The Morgan fingerprint density at radius 2 is 2.10 bits per heavy atom. The lowest BCUT2D eigenvalue weighted by Crippen LogP contribution is -1.65. The van der Waals surface area contributed by atoms with E-state index in [1.807, 2.05) is 13.8 Å². The standard InChI is InChI=1S/C7H7N.C2H6/c1-4-6-7(5-2)8-3;1-2/h2,4,6H,1,3H2;1-2H3/b7-6-;. The molecule has 1 heteroatoms. The van der Waals surface area contributed by atoms with Gasteiger partial charge < -0.3 is 0 Å². The molecule has 0 saturated carbocycles. The predicted molar refractivity (Wildman–Crippen MR) is 48.0 cm³/mol. The molecule has 0 spiro atoms. The van der Waals surface area contributed by atoms with Gasteiger partial charge in [0, 0.05) is 0 Å². The van der Waals surface area contributed by atoms with Crippen LogP contribution in [0.1, 0.15) is 13.8 Å². The van der Waals surface area contributed by atoms with Gasteiger partial charge in [-0.3, -0.25) is 4.99 Å². The number of hydrogen-bond donors (Lipinski definition) is 0. The molecular formula is C9H13N. The van der Waals surface area contributed by atoms with E-state index in [4.69, 9.17) is 6.42 Å². The maximum absolute atomic E-state index is 4.97. The maximum Gasteiger partial charge on any atom is 0.112 e. The van der Waals surface area contributed by atoms with Crippen LogP contribution in [0.4, 0.5) is 0 Å². The lowest BCUT2D eigenvalue weighted by atomic mass is 10.4. The van der Waals surface area contributed by atoms with Crippen molar-refractivity contribution in [1.82, 2.24) is 0 Å². The fourth-order valence-corrected chi connectivity index (χ4v) is 0.258. The smallest absolute Gasteiger partial charge is 0.112 e. The third-order valence-corrected chi connectivity index (χ3v) is 0.594. The van der Waals surface area contributed by atoms with Crippen LogP contribution in [-0.2, 0) is 0 Å². The molecule has 0 fully saturated rings. The molecule has 0 aliphatic carbocycles. The van der Waals surface area contributed by atoms with E-state index < -0.39 is 0 Å². The van der Waals surface area contributed by atoms with Crippen molar-refractivity contribution >= 4 is 6.72 Å². The van der Waals surface area contributed by atoms with E-state index in [9.17, 15) is 0 Å². The summed E-state index contributed by atoms with van der Waals surface area (Å²) in [5, 5.41) is 0. The summed E-state index contributed by atoms with van der Waals surface area (Å²) in [6, 6.07) is 0. The Morgan fingerprint density at radius 1 is 1.60 bits per heavy atom. The molecule has 10 heavy (non-hydrogen) atoms. The Balaban J connectivity index is 0. The Kier molecular flexibility index (Phi) is 12.2. The summed E-state index contributed by atoms with van der Waals surface area (Å²) in [5.74, 6) is 2.31. The zero-order chi connectivity index (χ0) is 8.41. The average molecular weight is 135 g/mol. The molecule has 0 amide bonds. The molecule has 0 aliphatic rings. The minimum Gasteiger partial charge on any atom is -0.256 e. The van der Waals surface area contributed by atoms with Crippen molar-refractivity contribution in [1.29, 1.82) is 0 Å². The summed E-state index contributed by atoms with van der Waals surface area (Å²) in [7, 11) is 0. The molecule has 0 rings (SSSR count). The highest BCUT2D eigenvalue weighted by Gasteiger charge is 1.75. The van der Waals surface area contributed by atoms with Gasteiger partial charge in [0.05, 0.1) is 0 Å². The first-order valence-electron chi connectivity index (χ1n) is 3.11. The van der Waals surface area contributed by atoms with Gasteiger partial charge in [0.25, 0.3) is 0 Å². The Morgan fingerprint density at radius 3 is 2.20 bits per heavy atom. The summed E-state index contributed by atoms with van der Waals surface area (Å²) in [6.45, 7) is 10.7. The van der Waals surface area contributed by atoms with E-state index in [0.29, 0.717) is 5.70 Å². The van der Waals surface area contributed by atoms with Crippen LogP contribution < -0.4 is 0 Å². The van der Waals surface area contributed by atoms with Crippen LogP contribution in [0.15, 0.2) is 29.4 Å². The molecule has 0 atom stereocenters. The van der Waals surface area contributed by atoms with E-state index in [0.717, 1.165) is 0 Å². The molecule has 0 bridgehead atoms. The quantitative estimate of drug-likeness (QED) is 0.313. The van der Waals surface area contributed by atoms with Crippen molar-refractivity contribution in [3.05, 3.63) is 24.4 Å². The first-order chi connectivity index (χ1) is 4.85. The van der Waals surface area contributed by atoms with E-state index in [-0.39, 0.29) is 0 Å². The second-order valence-electron chi connectivity index (χ2n) is 1.09. The highest BCUT2D eigenvalue weighted by atomic mass is 14.7. The highest BCUT2D eigenvalue weighted by Crippen LogP contribution is 1.90. The van der Waals surface area contributed by atoms with Crippen molar-refractivity contribution in [2.24, 2.45) is 4.99 Å². The summed E-state index contributed by atoms with van der Waals surface area (Å²) in [5.41, 5.74) is 0.514. The third kappa shape index (κ3) is 6.71. The minimum atomic E-state index is 0.514. The molecule has 0 heterocycles. The highest BCUT2D eigenvalue weighted by molar-refractivity contribution is 5.37. The minimum absolute atomic E-state index is 0.514. The van der Waals surface area contributed by atoms with E-state index >= 15 is 0 Å². The fraction of sp³-hybridized carbons (Fsp3) is 0.222. The zero-order valence-electron chi connectivity index (χ0n) is 6.59. The molecule has 0 N–H and O–H groups in total. The van der Waals surface area contributed by atoms with Gasteiger partial charge in [-0.1, -0.05) is 32.4 Å². The number of rotatable bonds is 2. The summed E-state index contributed by atoms with van der Waals surface area (Å²) in [4.78, 5) is 3.50. The van der Waals surface area contributed by atoms with Crippen LogP contribution in [0, 0.1) is 12.3 Å². The second kappa shape index (κ2) is 10.6. The average Bonchev–Trinajstić information content (AvgIpc) is 2.04. The van der Waals surface area contributed by atoms with Crippen molar-refractivity contribution in [3.63, 3.8) is 0 Å². The van der Waals surface area contributed by atoms with Crippen molar-refractivity contribution < 1.29 is 0 Å². The molecule has 0 aromatic heterocycles. The van der Waals surface area contributed by atoms with Crippen LogP contribution >= 0.6 is 0 Å². The van der Waals surface area contributed by atoms with Crippen molar-refractivity contribution in [2.45, 2.75) is 13.8 Å². The van der Waals surface area contributed by atoms with Gasteiger partial charge in [-0.25, -0.2) is 0 Å². The monoisotopic (exact) mass is 135 g/mol. The number of terminal acetylenes is 1. The lowest BCUT2D eigenvalue weighted by Gasteiger charge is -1.79. The Bertz CT molecular complexity index is 158. The second-order valence-corrected chi connectivity index (χ2v) is 1.09. The van der Waals surface area contributed by atoms with Gasteiger partial charge in [-0.2, -0.15) is 0 Å². The third-order valence-electron chi connectivity index (χ3n) is 0.594. The van der Waals surface area contributed by atoms with Gasteiger partial charge in [0.1, 0.15) is 5.70 Å². The zero-order valence-corrected chi connectivity index (χ0v) is 6.59. The van der Waals surface area contributed by atoms with Gasteiger partial charge in [0.15, 0.2) is 0 Å². The van der Waals surface area contributed by atoms with Crippen LogP contribution in [0.5, 0.6) is 0 Å².